The molecule has 2 nitrogen and oxygen atoms in total. The van der Waals surface area contributed by atoms with E-state index >= 15 is 0 Å². The second-order valence-electron chi connectivity index (χ2n) is 4.68. The number of aliphatic hydroxyl groups is 1. The van der Waals surface area contributed by atoms with Crippen molar-refractivity contribution in [2.45, 2.75) is 18.6 Å². The summed E-state index contributed by atoms with van der Waals surface area (Å²) in [7, 11) is 0. The number of benzene rings is 2. The molecular weight excluding hydrogens is 286 g/mol. The highest BCUT2D eigenvalue weighted by Crippen LogP contribution is 2.42. The van der Waals surface area contributed by atoms with Crippen LogP contribution in [-0.2, 0) is 0 Å². The third-order valence-electron chi connectivity index (χ3n) is 3.36. The van der Waals surface area contributed by atoms with Crippen LogP contribution in [0, 0.1) is 11.6 Å². The van der Waals surface area contributed by atoms with Gasteiger partial charge in [-0.25, -0.2) is 8.78 Å². The molecule has 0 bridgehead atoms. The monoisotopic (exact) mass is 296 g/mol. The zero-order chi connectivity index (χ0) is 14.3. The Morgan fingerprint density at radius 3 is 2.55 bits per heavy atom. The van der Waals surface area contributed by atoms with Crippen molar-refractivity contribution in [2.24, 2.45) is 0 Å². The zero-order valence-corrected chi connectivity index (χ0v) is 11.1. The van der Waals surface area contributed by atoms with Gasteiger partial charge >= 0.3 is 0 Å². The van der Waals surface area contributed by atoms with E-state index in [1.165, 1.54) is 18.2 Å². The minimum Gasteiger partial charge on any atom is -0.485 e. The Morgan fingerprint density at radius 2 is 1.85 bits per heavy atom. The molecule has 104 valence electrons. The fourth-order valence-electron chi connectivity index (χ4n) is 2.41. The summed E-state index contributed by atoms with van der Waals surface area (Å²) in [6.07, 6.45) is -1.66. The standard InChI is InChI=1S/C15H11ClF2O2/c16-8-4-5-13-9(6-8)12(19)7-14(20-13)15-10(17)2-1-3-11(15)18/h1-6,12,14,19H,7H2/t12-,14?/m0/s1. The summed E-state index contributed by atoms with van der Waals surface area (Å²) in [6, 6.07) is 8.42. The molecular formula is C15H11ClF2O2. The molecule has 5 heteroatoms. The van der Waals surface area contributed by atoms with Crippen LogP contribution < -0.4 is 4.74 Å². The molecule has 0 saturated heterocycles. The first kappa shape index (κ1) is 13.3. The SMILES string of the molecule is O[C@H]1CC(c2c(F)cccc2F)Oc2ccc(Cl)cc21. The van der Waals surface area contributed by atoms with Gasteiger partial charge in [-0.1, -0.05) is 17.7 Å². The molecule has 2 aromatic carbocycles. The molecule has 0 aromatic heterocycles. The number of hydrogen-bond acceptors (Lipinski definition) is 2. The van der Waals surface area contributed by atoms with Crippen LogP contribution in [0.2, 0.25) is 5.02 Å². The van der Waals surface area contributed by atoms with Gasteiger partial charge in [0.05, 0.1) is 11.7 Å². The molecule has 2 atom stereocenters. The number of halogens is 3. The van der Waals surface area contributed by atoms with Gasteiger partial charge in [0.25, 0.3) is 0 Å². The van der Waals surface area contributed by atoms with Gasteiger partial charge in [-0.15, -0.1) is 0 Å². The lowest BCUT2D eigenvalue weighted by Crippen LogP contribution is -2.21. The van der Waals surface area contributed by atoms with Crippen LogP contribution in [0.3, 0.4) is 0 Å². The maximum Gasteiger partial charge on any atom is 0.133 e. The van der Waals surface area contributed by atoms with Crippen LogP contribution in [0.15, 0.2) is 36.4 Å². The van der Waals surface area contributed by atoms with Gasteiger partial charge in [0.1, 0.15) is 23.5 Å². The van der Waals surface area contributed by atoms with Crippen LogP contribution in [-0.4, -0.2) is 5.11 Å². The topological polar surface area (TPSA) is 29.5 Å². The normalized spacial score (nSPS) is 21.2. The lowest BCUT2D eigenvalue weighted by molar-refractivity contribution is 0.0622. The van der Waals surface area contributed by atoms with Gasteiger partial charge in [-0.05, 0) is 30.3 Å². The van der Waals surface area contributed by atoms with E-state index in [2.05, 4.69) is 0 Å². The summed E-state index contributed by atoms with van der Waals surface area (Å²) >= 11 is 5.86. The Labute approximate surface area is 119 Å². The molecule has 3 rings (SSSR count). The van der Waals surface area contributed by atoms with Gasteiger partial charge in [0.2, 0.25) is 0 Å². The maximum atomic E-state index is 13.8. The van der Waals surface area contributed by atoms with E-state index in [1.807, 2.05) is 0 Å². The van der Waals surface area contributed by atoms with Gasteiger partial charge in [0, 0.05) is 17.0 Å². The van der Waals surface area contributed by atoms with Crippen molar-refractivity contribution in [1.29, 1.82) is 0 Å². The van der Waals surface area contributed by atoms with Crippen molar-refractivity contribution in [3.63, 3.8) is 0 Å². The number of ether oxygens (including phenoxy) is 1. The van der Waals surface area contributed by atoms with E-state index in [-0.39, 0.29) is 12.0 Å². The van der Waals surface area contributed by atoms with Gasteiger partial charge in [0.15, 0.2) is 0 Å². The first-order chi connectivity index (χ1) is 9.56. The molecule has 1 unspecified atom stereocenters. The van der Waals surface area contributed by atoms with E-state index < -0.39 is 23.8 Å². The summed E-state index contributed by atoms with van der Waals surface area (Å²) in [5.74, 6) is -0.972. The largest absolute Gasteiger partial charge is 0.485 e. The molecule has 1 heterocycles. The average Bonchev–Trinajstić information content (AvgIpc) is 2.39. The Bertz CT molecular complexity index is 640. The molecule has 0 fully saturated rings. The summed E-state index contributed by atoms with van der Waals surface area (Å²) in [5, 5.41) is 10.6. The molecule has 0 saturated carbocycles. The average molecular weight is 297 g/mol. The van der Waals surface area contributed by atoms with Crippen LogP contribution in [0.1, 0.15) is 29.8 Å². The van der Waals surface area contributed by atoms with Crippen LogP contribution in [0.5, 0.6) is 5.75 Å². The Kier molecular flexibility index (Phi) is 3.36. The molecule has 20 heavy (non-hydrogen) atoms. The van der Waals surface area contributed by atoms with Gasteiger partial charge in [-0.2, -0.15) is 0 Å². The van der Waals surface area contributed by atoms with Crippen LogP contribution in [0.4, 0.5) is 8.78 Å². The lowest BCUT2D eigenvalue weighted by atomic mass is 9.94. The molecule has 0 amide bonds. The Hall–Kier alpha value is -1.65. The molecule has 1 aliphatic heterocycles. The number of hydrogen-bond donors (Lipinski definition) is 1. The summed E-state index contributed by atoms with van der Waals surface area (Å²) < 4.78 is 33.2. The van der Waals surface area contributed by atoms with E-state index in [4.69, 9.17) is 16.3 Å². The van der Waals surface area contributed by atoms with E-state index in [9.17, 15) is 13.9 Å². The number of rotatable bonds is 1. The van der Waals surface area contributed by atoms with E-state index in [0.717, 1.165) is 0 Å². The van der Waals surface area contributed by atoms with Crippen molar-refractivity contribution >= 4 is 11.6 Å². The minimum atomic E-state index is -0.874. The Balaban J connectivity index is 2.01. The summed E-state index contributed by atoms with van der Waals surface area (Å²) in [6.45, 7) is 0. The predicted octanol–water partition coefficient (Wildman–Crippen LogP) is 4.18. The molecule has 1 aliphatic rings. The van der Waals surface area contributed by atoms with Crippen molar-refractivity contribution in [3.8, 4) is 5.75 Å². The van der Waals surface area contributed by atoms with E-state index in [1.54, 1.807) is 18.2 Å². The summed E-state index contributed by atoms with van der Waals surface area (Å²) in [4.78, 5) is 0. The fourth-order valence-corrected chi connectivity index (χ4v) is 2.59. The lowest BCUT2D eigenvalue weighted by Gasteiger charge is -2.30. The molecule has 0 aliphatic carbocycles. The highest BCUT2D eigenvalue weighted by atomic mass is 35.5. The van der Waals surface area contributed by atoms with E-state index in [0.29, 0.717) is 16.3 Å². The minimum absolute atomic E-state index is 0.0746. The maximum absolute atomic E-state index is 13.8. The van der Waals surface area contributed by atoms with Gasteiger partial charge < -0.3 is 9.84 Å². The van der Waals surface area contributed by atoms with Crippen molar-refractivity contribution in [3.05, 3.63) is 64.2 Å². The number of aliphatic hydroxyl groups excluding tert-OH is 1. The highest BCUT2D eigenvalue weighted by Gasteiger charge is 2.31. The quantitative estimate of drug-likeness (QED) is 0.855. The molecule has 0 radical (unpaired) electrons. The van der Waals surface area contributed by atoms with Crippen molar-refractivity contribution in [1.82, 2.24) is 0 Å². The smallest absolute Gasteiger partial charge is 0.133 e. The second-order valence-corrected chi connectivity index (χ2v) is 5.11. The molecule has 1 N–H and O–H groups in total. The first-order valence-corrected chi connectivity index (χ1v) is 6.52. The van der Waals surface area contributed by atoms with Crippen molar-refractivity contribution < 1.29 is 18.6 Å². The summed E-state index contributed by atoms with van der Waals surface area (Å²) in [5.41, 5.74) is 0.373. The van der Waals surface area contributed by atoms with Crippen molar-refractivity contribution in [2.75, 3.05) is 0 Å². The first-order valence-electron chi connectivity index (χ1n) is 6.14. The Morgan fingerprint density at radius 1 is 1.15 bits per heavy atom. The highest BCUT2D eigenvalue weighted by molar-refractivity contribution is 6.30. The van der Waals surface area contributed by atoms with Crippen LogP contribution in [0.25, 0.3) is 0 Å². The predicted molar refractivity (Wildman–Crippen MR) is 70.8 cm³/mol. The third-order valence-corrected chi connectivity index (χ3v) is 3.59. The zero-order valence-electron chi connectivity index (χ0n) is 10.3. The fraction of sp³-hybridized carbons (Fsp3) is 0.200. The molecule has 2 aromatic rings. The van der Waals surface area contributed by atoms with Crippen LogP contribution >= 0.6 is 11.6 Å². The van der Waals surface area contributed by atoms with Gasteiger partial charge in [-0.3, -0.25) is 0 Å². The second kappa shape index (κ2) is 5.04. The molecule has 0 spiro atoms. The number of fused-ring (bicyclic) bond motifs is 1. The third kappa shape index (κ3) is 2.25.